The highest BCUT2D eigenvalue weighted by Gasteiger charge is 2.15. The number of hydrogen-bond donors (Lipinski definition) is 2. The van der Waals surface area contributed by atoms with Crippen molar-refractivity contribution in [2.45, 2.75) is 18.1 Å². The Kier molecular flexibility index (Phi) is 4.52. The Hall–Kier alpha value is -0.970. The van der Waals surface area contributed by atoms with Gasteiger partial charge in [0.2, 0.25) is 5.91 Å². The maximum Gasteiger partial charge on any atom is 0.328 e. The van der Waals surface area contributed by atoms with Crippen LogP contribution in [0.5, 0.6) is 0 Å². The number of carboxylic acid groups (broad SMARTS) is 1. The summed E-state index contributed by atoms with van der Waals surface area (Å²) in [6, 6.07) is 0. The van der Waals surface area contributed by atoms with E-state index < -0.39 is 5.97 Å². The molecule has 1 amide bonds. The van der Waals surface area contributed by atoms with Gasteiger partial charge in [0.1, 0.15) is 0 Å². The van der Waals surface area contributed by atoms with E-state index >= 15 is 0 Å². The fourth-order valence-corrected chi connectivity index (χ4v) is 2.43. The van der Waals surface area contributed by atoms with E-state index in [4.69, 9.17) is 5.11 Å². The van der Waals surface area contributed by atoms with Gasteiger partial charge in [-0.25, -0.2) is 4.79 Å². The average Bonchev–Trinajstić information content (AvgIpc) is 2.63. The van der Waals surface area contributed by atoms with E-state index in [1.54, 1.807) is 0 Å². The Morgan fingerprint density at radius 1 is 1.50 bits per heavy atom. The van der Waals surface area contributed by atoms with Gasteiger partial charge in [-0.1, -0.05) is 0 Å². The highest BCUT2D eigenvalue weighted by Crippen LogP contribution is 2.25. The molecule has 0 radical (unpaired) electrons. The molecule has 2 N–H and O–H groups in total. The predicted molar refractivity (Wildman–Crippen MR) is 55.3 cm³/mol. The third kappa shape index (κ3) is 4.32. The van der Waals surface area contributed by atoms with Gasteiger partial charge < -0.3 is 10.4 Å². The molecule has 78 valence electrons. The minimum absolute atomic E-state index is 0.333. The minimum atomic E-state index is -1.10. The van der Waals surface area contributed by atoms with Crippen molar-refractivity contribution in [2.75, 3.05) is 12.3 Å². The van der Waals surface area contributed by atoms with E-state index in [-0.39, 0.29) is 5.91 Å². The van der Waals surface area contributed by atoms with Gasteiger partial charge in [0.15, 0.2) is 0 Å². The number of aliphatic carboxylic acids is 1. The molecule has 0 aromatic heterocycles. The lowest BCUT2D eigenvalue weighted by molar-refractivity contribution is -0.131. The topological polar surface area (TPSA) is 66.4 Å². The van der Waals surface area contributed by atoms with E-state index in [1.165, 1.54) is 6.42 Å². The summed E-state index contributed by atoms with van der Waals surface area (Å²) in [5, 5.41) is 11.4. The van der Waals surface area contributed by atoms with Crippen LogP contribution in [0.3, 0.4) is 0 Å². The van der Waals surface area contributed by atoms with Crippen molar-refractivity contribution in [1.82, 2.24) is 5.32 Å². The maximum atomic E-state index is 11.0. The molecule has 1 heterocycles. The summed E-state index contributed by atoms with van der Waals surface area (Å²) in [5.74, 6) is -0.277. The Morgan fingerprint density at radius 3 is 2.86 bits per heavy atom. The van der Waals surface area contributed by atoms with Gasteiger partial charge in [0, 0.05) is 23.9 Å². The van der Waals surface area contributed by atoms with Crippen LogP contribution in [-0.2, 0) is 9.59 Å². The van der Waals surface area contributed by atoms with Crippen LogP contribution in [0.2, 0.25) is 0 Å². The Morgan fingerprint density at radius 2 is 2.29 bits per heavy atom. The van der Waals surface area contributed by atoms with Gasteiger partial charge in [-0.2, -0.15) is 11.8 Å². The molecule has 0 bridgehead atoms. The van der Waals surface area contributed by atoms with Gasteiger partial charge in [-0.3, -0.25) is 4.79 Å². The fourth-order valence-electron chi connectivity index (χ4n) is 1.23. The summed E-state index contributed by atoms with van der Waals surface area (Å²) in [4.78, 5) is 21.1. The second-order valence-corrected chi connectivity index (χ2v) is 4.46. The minimum Gasteiger partial charge on any atom is -0.478 e. The molecule has 0 spiro atoms. The van der Waals surface area contributed by atoms with Crippen molar-refractivity contribution in [3.05, 3.63) is 12.2 Å². The van der Waals surface area contributed by atoms with Crippen LogP contribution in [-0.4, -0.2) is 34.5 Å². The monoisotopic (exact) mass is 215 g/mol. The number of thioether (sulfide) groups is 1. The second-order valence-electron chi connectivity index (χ2n) is 3.05. The molecule has 14 heavy (non-hydrogen) atoms. The van der Waals surface area contributed by atoms with Crippen molar-refractivity contribution in [1.29, 1.82) is 0 Å². The van der Waals surface area contributed by atoms with Crippen LogP contribution in [0, 0.1) is 0 Å². The summed E-state index contributed by atoms with van der Waals surface area (Å²) in [5.41, 5.74) is 0. The number of amides is 1. The molecule has 1 fully saturated rings. The molecular weight excluding hydrogens is 202 g/mol. The predicted octanol–water partition coefficient (Wildman–Crippen LogP) is 0.639. The lowest BCUT2D eigenvalue weighted by Gasteiger charge is -2.07. The van der Waals surface area contributed by atoms with Crippen LogP contribution in [0.25, 0.3) is 0 Å². The first-order chi connectivity index (χ1) is 6.68. The normalized spacial score (nSPS) is 21.3. The Labute approximate surface area is 86.8 Å². The molecule has 0 aliphatic carbocycles. The number of carboxylic acids is 1. The lowest BCUT2D eigenvalue weighted by atomic mass is 10.2. The number of carbonyl (C=O) groups excluding carboxylic acids is 1. The van der Waals surface area contributed by atoms with Gasteiger partial charge in [0.05, 0.1) is 0 Å². The number of rotatable bonds is 4. The average molecular weight is 215 g/mol. The molecule has 0 saturated carbocycles. The first-order valence-corrected chi connectivity index (χ1v) is 5.54. The fraction of sp³-hybridized carbons (Fsp3) is 0.556. The maximum absolute atomic E-state index is 11.0. The van der Waals surface area contributed by atoms with Crippen LogP contribution in [0.15, 0.2) is 12.2 Å². The first-order valence-electron chi connectivity index (χ1n) is 4.49. The Bertz CT molecular complexity index is 246. The van der Waals surface area contributed by atoms with Gasteiger partial charge in [-0.15, -0.1) is 0 Å². The summed E-state index contributed by atoms with van der Waals surface area (Å²) in [6.45, 7) is 0.632. The van der Waals surface area contributed by atoms with Crippen LogP contribution in [0.4, 0.5) is 0 Å². The van der Waals surface area contributed by atoms with E-state index in [0.29, 0.717) is 11.8 Å². The highest BCUT2D eigenvalue weighted by molar-refractivity contribution is 8.00. The van der Waals surface area contributed by atoms with Crippen LogP contribution in [0.1, 0.15) is 12.8 Å². The molecule has 0 aromatic carbocycles. The first kappa shape index (κ1) is 11.1. The molecule has 5 heteroatoms. The molecule has 1 rings (SSSR count). The van der Waals surface area contributed by atoms with E-state index in [1.807, 2.05) is 11.8 Å². The third-order valence-electron chi connectivity index (χ3n) is 1.91. The van der Waals surface area contributed by atoms with Gasteiger partial charge >= 0.3 is 5.97 Å². The molecule has 1 aliphatic heterocycles. The summed E-state index contributed by atoms with van der Waals surface area (Å²) in [7, 11) is 0. The SMILES string of the molecule is O=C(O)/C=C/C(=O)NCC1CCCS1. The van der Waals surface area contributed by atoms with Gasteiger partial charge in [-0.05, 0) is 18.6 Å². The molecule has 1 aliphatic rings. The number of nitrogens with one attached hydrogen (secondary N) is 1. The van der Waals surface area contributed by atoms with E-state index in [0.717, 1.165) is 24.3 Å². The van der Waals surface area contributed by atoms with Crippen molar-refractivity contribution in [3.63, 3.8) is 0 Å². The van der Waals surface area contributed by atoms with E-state index in [9.17, 15) is 9.59 Å². The zero-order valence-electron chi connectivity index (χ0n) is 7.73. The Balaban J connectivity index is 2.17. The largest absolute Gasteiger partial charge is 0.478 e. The summed E-state index contributed by atoms with van der Waals surface area (Å²) < 4.78 is 0. The number of hydrogen-bond acceptors (Lipinski definition) is 3. The lowest BCUT2D eigenvalue weighted by Crippen LogP contribution is -2.28. The van der Waals surface area contributed by atoms with Crippen molar-refractivity contribution < 1.29 is 14.7 Å². The van der Waals surface area contributed by atoms with Gasteiger partial charge in [0.25, 0.3) is 0 Å². The van der Waals surface area contributed by atoms with Crippen molar-refractivity contribution in [3.8, 4) is 0 Å². The second kappa shape index (κ2) is 5.70. The summed E-state index contributed by atoms with van der Waals surface area (Å²) >= 11 is 1.85. The summed E-state index contributed by atoms with van der Waals surface area (Å²) in [6.07, 6.45) is 4.23. The van der Waals surface area contributed by atoms with E-state index in [2.05, 4.69) is 5.32 Å². The molecular formula is C9H13NO3S. The third-order valence-corrected chi connectivity index (χ3v) is 3.30. The molecule has 1 saturated heterocycles. The van der Waals surface area contributed by atoms with Crippen LogP contribution >= 0.6 is 11.8 Å². The molecule has 1 atom stereocenters. The zero-order chi connectivity index (χ0) is 10.4. The van der Waals surface area contributed by atoms with Crippen molar-refractivity contribution in [2.24, 2.45) is 0 Å². The highest BCUT2D eigenvalue weighted by atomic mass is 32.2. The number of carbonyl (C=O) groups is 2. The molecule has 4 nitrogen and oxygen atoms in total. The quantitative estimate of drug-likeness (QED) is 0.675. The molecule has 1 unspecified atom stereocenters. The van der Waals surface area contributed by atoms with Crippen molar-refractivity contribution >= 4 is 23.6 Å². The van der Waals surface area contributed by atoms with Crippen LogP contribution < -0.4 is 5.32 Å². The molecule has 0 aromatic rings. The zero-order valence-corrected chi connectivity index (χ0v) is 8.55. The smallest absolute Gasteiger partial charge is 0.328 e. The standard InChI is InChI=1S/C9H13NO3S/c11-8(3-4-9(12)13)10-6-7-2-1-5-14-7/h3-4,7H,1-2,5-6H2,(H,10,11)(H,12,13)/b4-3+.